The molecular weight excluding hydrogens is 284 g/mol. The van der Waals surface area contributed by atoms with Gasteiger partial charge in [-0.25, -0.2) is 4.79 Å². The Hall–Kier alpha value is -1.75. The van der Waals surface area contributed by atoms with Gasteiger partial charge in [0.05, 0.1) is 0 Å². The van der Waals surface area contributed by atoms with Crippen molar-refractivity contribution in [1.82, 2.24) is 10.6 Å². The van der Waals surface area contributed by atoms with Gasteiger partial charge in [-0.15, -0.1) is 0 Å². The van der Waals surface area contributed by atoms with E-state index in [-0.39, 0.29) is 0 Å². The van der Waals surface area contributed by atoms with Crippen LogP contribution in [0.25, 0.3) is 0 Å². The van der Waals surface area contributed by atoms with E-state index in [1.54, 1.807) is 6.08 Å². The maximum absolute atomic E-state index is 10.6. The molecule has 17 heavy (non-hydrogen) atoms. The molecule has 88 valence electrons. The number of carbonyl (C=O) groups is 1. The summed E-state index contributed by atoms with van der Waals surface area (Å²) >= 11 is 3.43. The third kappa shape index (κ3) is 2.68. The standard InChI is InChI=1S/C12H11BrN2O2/c13-7-8-3-1-2-4-10-9(8)5-6-11(14-10)15-12(16)17/h1-6,14-15H,7H2,(H,16,17). The van der Waals surface area contributed by atoms with Crippen LogP contribution in [0.4, 0.5) is 4.79 Å². The van der Waals surface area contributed by atoms with Gasteiger partial charge in [0, 0.05) is 16.6 Å². The molecule has 0 aromatic carbocycles. The van der Waals surface area contributed by atoms with Gasteiger partial charge in [-0.3, -0.25) is 5.32 Å². The molecule has 1 amide bonds. The molecule has 1 heterocycles. The van der Waals surface area contributed by atoms with E-state index in [4.69, 9.17) is 5.11 Å². The first-order chi connectivity index (χ1) is 8.20. The van der Waals surface area contributed by atoms with Gasteiger partial charge in [-0.05, 0) is 23.8 Å². The Morgan fingerprint density at radius 2 is 2.06 bits per heavy atom. The van der Waals surface area contributed by atoms with E-state index in [1.807, 2.05) is 30.4 Å². The molecule has 0 radical (unpaired) electrons. The van der Waals surface area contributed by atoms with Crippen LogP contribution in [0.5, 0.6) is 0 Å². The summed E-state index contributed by atoms with van der Waals surface area (Å²) in [6.07, 6.45) is 10.3. The Kier molecular flexibility index (Phi) is 3.49. The van der Waals surface area contributed by atoms with Crippen molar-refractivity contribution in [1.29, 1.82) is 0 Å². The molecule has 2 aliphatic rings. The van der Waals surface area contributed by atoms with Crippen LogP contribution in [0, 0.1) is 0 Å². The predicted molar refractivity (Wildman–Crippen MR) is 69.6 cm³/mol. The Balaban J connectivity index is 2.31. The smallest absolute Gasteiger partial charge is 0.410 e. The van der Waals surface area contributed by atoms with Gasteiger partial charge in [-0.2, -0.15) is 0 Å². The van der Waals surface area contributed by atoms with Crippen LogP contribution in [-0.2, 0) is 0 Å². The SMILES string of the molecule is O=C(O)NC1=CC=C2C(CBr)=CC=CC=C2N1. The highest BCUT2D eigenvalue weighted by atomic mass is 79.9. The number of alkyl halides is 1. The molecule has 3 N–H and O–H groups in total. The third-order valence-corrected chi connectivity index (χ3v) is 2.98. The normalized spacial score (nSPS) is 17.7. The summed E-state index contributed by atoms with van der Waals surface area (Å²) in [5, 5.41) is 14.7. The topological polar surface area (TPSA) is 61.4 Å². The molecule has 0 aromatic heterocycles. The number of hydrogen-bond acceptors (Lipinski definition) is 2. The molecule has 4 nitrogen and oxygen atoms in total. The second kappa shape index (κ2) is 5.05. The number of allylic oxidation sites excluding steroid dienone is 7. The second-order valence-electron chi connectivity index (χ2n) is 3.51. The summed E-state index contributed by atoms with van der Waals surface area (Å²) in [7, 11) is 0. The highest BCUT2D eigenvalue weighted by Gasteiger charge is 2.15. The van der Waals surface area contributed by atoms with Crippen molar-refractivity contribution in [3.8, 4) is 0 Å². The summed E-state index contributed by atoms with van der Waals surface area (Å²) in [5.74, 6) is 0.455. The lowest BCUT2D eigenvalue weighted by Crippen LogP contribution is -2.32. The summed E-state index contributed by atoms with van der Waals surface area (Å²) in [6, 6.07) is 0. The molecule has 0 saturated heterocycles. The zero-order valence-corrected chi connectivity index (χ0v) is 10.5. The number of rotatable bonds is 2. The number of hydrogen-bond donors (Lipinski definition) is 3. The zero-order chi connectivity index (χ0) is 12.3. The average molecular weight is 295 g/mol. The highest BCUT2D eigenvalue weighted by Crippen LogP contribution is 2.25. The van der Waals surface area contributed by atoms with Crippen LogP contribution in [0.15, 0.2) is 59.1 Å². The van der Waals surface area contributed by atoms with Crippen LogP contribution in [-0.4, -0.2) is 16.5 Å². The van der Waals surface area contributed by atoms with Crippen molar-refractivity contribution in [2.75, 3.05) is 5.33 Å². The number of carboxylic acid groups (broad SMARTS) is 1. The molecule has 0 atom stereocenters. The van der Waals surface area contributed by atoms with Crippen LogP contribution in [0.3, 0.4) is 0 Å². The fourth-order valence-corrected chi connectivity index (χ4v) is 2.13. The molecule has 0 fully saturated rings. The van der Waals surface area contributed by atoms with E-state index in [1.165, 1.54) is 0 Å². The van der Waals surface area contributed by atoms with E-state index in [0.717, 1.165) is 22.2 Å². The largest absolute Gasteiger partial charge is 0.465 e. The third-order valence-electron chi connectivity index (χ3n) is 2.38. The molecule has 0 spiro atoms. The Bertz CT molecular complexity index is 499. The maximum atomic E-state index is 10.6. The fourth-order valence-electron chi connectivity index (χ4n) is 1.64. The van der Waals surface area contributed by atoms with E-state index >= 15 is 0 Å². The Labute approximate surface area is 107 Å². The number of fused-ring (bicyclic) bond motifs is 1. The van der Waals surface area contributed by atoms with Gasteiger partial charge in [0.1, 0.15) is 5.82 Å². The number of nitrogens with one attached hydrogen (secondary N) is 2. The number of dihydropyridines is 1. The minimum atomic E-state index is -1.08. The monoisotopic (exact) mass is 294 g/mol. The van der Waals surface area contributed by atoms with Gasteiger partial charge in [0.25, 0.3) is 0 Å². The molecule has 0 saturated carbocycles. The van der Waals surface area contributed by atoms with Gasteiger partial charge in [-0.1, -0.05) is 34.2 Å². The van der Waals surface area contributed by atoms with Crippen molar-refractivity contribution < 1.29 is 9.90 Å². The Morgan fingerprint density at radius 3 is 2.76 bits per heavy atom. The van der Waals surface area contributed by atoms with Crippen molar-refractivity contribution in [2.45, 2.75) is 0 Å². The molecule has 0 unspecified atom stereocenters. The van der Waals surface area contributed by atoms with Crippen LogP contribution in [0.2, 0.25) is 0 Å². The lowest BCUT2D eigenvalue weighted by Gasteiger charge is -2.20. The first-order valence-electron chi connectivity index (χ1n) is 5.04. The van der Waals surface area contributed by atoms with E-state index in [9.17, 15) is 4.79 Å². The van der Waals surface area contributed by atoms with E-state index < -0.39 is 6.09 Å². The lowest BCUT2D eigenvalue weighted by atomic mass is 10.0. The summed E-state index contributed by atoms with van der Waals surface area (Å²) < 4.78 is 0. The minimum Gasteiger partial charge on any atom is -0.465 e. The van der Waals surface area contributed by atoms with E-state index in [2.05, 4.69) is 26.6 Å². The first kappa shape index (κ1) is 11.7. The molecule has 5 heteroatoms. The van der Waals surface area contributed by atoms with Gasteiger partial charge >= 0.3 is 6.09 Å². The average Bonchev–Trinajstić information content (AvgIpc) is 2.49. The molecule has 2 rings (SSSR count). The number of amides is 1. The minimum absolute atomic E-state index is 0.455. The lowest BCUT2D eigenvalue weighted by molar-refractivity contribution is 0.197. The Morgan fingerprint density at radius 1 is 1.29 bits per heavy atom. The fraction of sp³-hybridized carbons (Fsp3) is 0.0833. The molecule has 1 aliphatic heterocycles. The first-order valence-corrected chi connectivity index (χ1v) is 6.16. The van der Waals surface area contributed by atoms with Crippen molar-refractivity contribution in [3.05, 3.63) is 59.1 Å². The summed E-state index contributed by atoms with van der Waals surface area (Å²) in [6.45, 7) is 0. The van der Waals surface area contributed by atoms with E-state index in [0.29, 0.717) is 5.82 Å². The van der Waals surface area contributed by atoms with Crippen molar-refractivity contribution in [2.24, 2.45) is 0 Å². The van der Waals surface area contributed by atoms with Gasteiger partial charge < -0.3 is 10.4 Å². The van der Waals surface area contributed by atoms with Crippen LogP contribution < -0.4 is 10.6 Å². The molecular formula is C12H11BrN2O2. The zero-order valence-electron chi connectivity index (χ0n) is 8.90. The van der Waals surface area contributed by atoms with Crippen molar-refractivity contribution >= 4 is 22.0 Å². The molecule has 0 aromatic rings. The second-order valence-corrected chi connectivity index (χ2v) is 4.07. The van der Waals surface area contributed by atoms with Crippen molar-refractivity contribution in [3.63, 3.8) is 0 Å². The van der Waals surface area contributed by atoms with Crippen LogP contribution >= 0.6 is 15.9 Å². The molecule has 1 aliphatic carbocycles. The maximum Gasteiger partial charge on any atom is 0.410 e. The quantitative estimate of drug-likeness (QED) is 0.686. The van der Waals surface area contributed by atoms with Gasteiger partial charge in [0.2, 0.25) is 0 Å². The number of halogens is 1. The predicted octanol–water partition coefficient (Wildman–Crippen LogP) is 2.40. The highest BCUT2D eigenvalue weighted by molar-refractivity contribution is 9.09. The summed E-state index contributed by atoms with van der Waals surface area (Å²) in [5.41, 5.74) is 3.08. The van der Waals surface area contributed by atoms with Gasteiger partial charge in [0.15, 0.2) is 0 Å². The summed E-state index contributed by atoms with van der Waals surface area (Å²) in [4.78, 5) is 10.6. The van der Waals surface area contributed by atoms with Crippen LogP contribution in [0.1, 0.15) is 0 Å². The molecule has 0 bridgehead atoms.